The average Bonchev–Trinajstić information content (AvgIpc) is 3.06. The lowest BCUT2D eigenvalue weighted by Gasteiger charge is -2.23. The van der Waals surface area contributed by atoms with E-state index in [1.54, 1.807) is 24.2 Å². The molecule has 5 nitrogen and oxygen atoms in total. The maximum absolute atomic E-state index is 4.21. The fourth-order valence-corrected chi connectivity index (χ4v) is 3.62. The van der Waals surface area contributed by atoms with Crippen LogP contribution >= 0.6 is 27.5 Å². The van der Waals surface area contributed by atoms with Crippen LogP contribution in [0.15, 0.2) is 23.3 Å². The summed E-state index contributed by atoms with van der Waals surface area (Å²) in [5, 5.41) is 4.19. The van der Waals surface area contributed by atoms with Crippen molar-refractivity contribution in [1.82, 2.24) is 24.0 Å². The number of aromatic nitrogens is 4. The average molecular weight is 328 g/mol. The summed E-state index contributed by atoms with van der Waals surface area (Å²) in [5.74, 6) is 0. The Labute approximate surface area is 118 Å². The highest BCUT2D eigenvalue weighted by molar-refractivity contribution is 9.10. The van der Waals surface area contributed by atoms with E-state index < -0.39 is 0 Å². The van der Waals surface area contributed by atoms with Gasteiger partial charge in [0.05, 0.1) is 22.1 Å². The Morgan fingerprint density at radius 1 is 1.50 bits per heavy atom. The molecule has 0 radical (unpaired) electrons. The lowest BCUT2D eigenvalue weighted by Crippen LogP contribution is -2.32. The molecule has 2 aromatic rings. The van der Waals surface area contributed by atoms with Gasteiger partial charge in [-0.1, -0.05) is 0 Å². The summed E-state index contributed by atoms with van der Waals surface area (Å²) in [6.45, 7) is 3.06. The van der Waals surface area contributed by atoms with Crippen molar-refractivity contribution in [3.8, 4) is 0 Å². The molecule has 0 spiro atoms. The van der Waals surface area contributed by atoms with Crippen molar-refractivity contribution < 1.29 is 0 Å². The number of halogens is 1. The first-order valence-corrected chi connectivity index (χ1v) is 7.55. The molecular weight excluding hydrogens is 314 g/mol. The van der Waals surface area contributed by atoms with Crippen LogP contribution in [0.5, 0.6) is 0 Å². The zero-order chi connectivity index (χ0) is 12.4. The molecular formula is C11H14BrN5S. The summed E-state index contributed by atoms with van der Waals surface area (Å²) >= 11 is 5.12. The lowest BCUT2D eigenvalue weighted by molar-refractivity contribution is 0.220. The molecule has 0 aliphatic carbocycles. The summed E-state index contributed by atoms with van der Waals surface area (Å²) in [4.78, 5) is 7.82. The molecule has 3 heterocycles. The van der Waals surface area contributed by atoms with Gasteiger partial charge in [0.15, 0.2) is 0 Å². The number of likely N-dealkylation sites (tertiary alicyclic amines) is 1. The van der Waals surface area contributed by atoms with E-state index in [0.29, 0.717) is 6.04 Å². The molecule has 1 saturated heterocycles. The first-order chi connectivity index (χ1) is 8.83. The van der Waals surface area contributed by atoms with Crippen molar-refractivity contribution in [2.75, 3.05) is 6.54 Å². The quantitative estimate of drug-likeness (QED) is 0.863. The number of rotatable bonds is 4. The Balaban J connectivity index is 1.66. The summed E-state index contributed by atoms with van der Waals surface area (Å²) in [5.41, 5.74) is 0. The second kappa shape index (κ2) is 5.46. The molecule has 0 N–H and O–H groups in total. The van der Waals surface area contributed by atoms with E-state index in [9.17, 15) is 0 Å². The fraction of sp³-hybridized carbons (Fsp3) is 0.545. The summed E-state index contributed by atoms with van der Waals surface area (Å²) in [7, 11) is 0. The molecule has 2 aromatic heterocycles. The normalized spacial score (nSPS) is 20.6. The van der Waals surface area contributed by atoms with Crippen molar-refractivity contribution in [3.05, 3.63) is 28.2 Å². The summed E-state index contributed by atoms with van der Waals surface area (Å²) < 4.78 is 7.25. The van der Waals surface area contributed by atoms with Gasteiger partial charge >= 0.3 is 0 Å². The number of hydrogen-bond acceptors (Lipinski definition) is 5. The predicted molar refractivity (Wildman–Crippen MR) is 73.3 cm³/mol. The largest absolute Gasteiger partial charge is 0.293 e. The van der Waals surface area contributed by atoms with E-state index in [0.717, 1.165) is 24.1 Å². The minimum Gasteiger partial charge on any atom is -0.293 e. The van der Waals surface area contributed by atoms with Gasteiger partial charge in [0.1, 0.15) is 12.7 Å². The van der Waals surface area contributed by atoms with Gasteiger partial charge in [-0.15, -0.1) is 0 Å². The van der Waals surface area contributed by atoms with Gasteiger partial charge in [0.25, 0.3) is 0 Å². The van der Waals surface area contributed by atoms with Crippen LogP contribution in [0, 0.1) is 0 Å². The van der Waals surface area contributed by atoms with Gasteiger partial charge in [0.2, 0.25) is 0 Å². The standard InChI is InChI=1S/C11H14BrN5S/c12-10-4-15-18-11(10)6-16-3-1-2-9(16)5-17-8-13-7-14-17/h4,7-9H,1-3,5-6H2. The smallest absolute Gasteiger partial charge is 0.137 e. The number of hydrogen-bond donors (Lipinski definition) is 0. The Morgan fingerprint density at radius 2 is 2.44 bits per heavy atom. The second-order valence-corrected chi connectivity index (χ2v) is 6.22. The third kappa shape index (κ3) is 2.62. The van der Waals surface area contributed by atoms with Crippen LogP contribution in [0.3, 0.4) is 0 Å². The first kappa shape index (κ1) is 12.3. The van der Waals surface area contributed by atoms with E-state index in [2.05, 4.69) is 35.3 Å². The SMILES string of the molecule is Brc1cnsc1CN1CCCC1Cn1cncn1. The van der Waals surface area contributed by atoms with E-state index >= 15 is 0 Å². The zero-order valence-electron chi connectivity index (χ0n) is 9.87. The highest BCUT2D eigenvalue weighted by Crippen LogP contribution is 2.26. The van der Waals surface area contributed by atoms with Gasteiger partial charge in [0, 0.05) is 12.6 Å². The minimum absolute atomic E-state index is 0.556. The molecule has 7 heteroatoms. The maximum atomic E-state index is 4.21. The van der Waals surface area contributed by atoms with Gasteiger partial charge in [-0.3, -0.25) is 9.58 Å². The molecule has 0 aromatic carbocycles. The van der Waals surface area contributed by atoms with Crippen molar-refractivity contribution in [3.63, 3.8) is 0 Å². The molecule has 1 fully saturated rings. The molecule has 0 bridgehead atoms. The third-order valence-corrected chi connectivity index (χ3v) is 5.03. The van der Waals surface area contributed by atoms with Crippen LogP contribution in [0.25, 0.3) is 0 Å². The Kier molecular flexibility index (Phi) is 3.72. The van der Waals surface area contributed by atoms with E-state index in [-0.39, 0.29) is 0 Å². The molecule has 1 aliphatic heterocycles. The van der Waals surface area contributed by atoms with Crippen molar-refractivity contribution in [1.29, 1.82) is 0 Å². The molecule has 3 rings (SSSR count). The van der Waals surface area contributed by atoms with E-state index in [1.165, 1.54) is 17.7 Å². The van der Waals surface area contributed by atoms with Gasteiger partial charge in [-0.2, -0.15) is 9.47 Å². The van der Waals surface area contributed by atoms with Crippen LogP contribution in [-0.2, 0) is 13.1 Å². The zero-order valence-corrected chi connectivity index (χ0v) is 12.3. The fourth-order valence-electron chi connectivity index (χ4n) is 2.39. The van der Waals surface area contributed by atoms with Gasteiger partial charge < -0.3 is 0 Å². The Hall–Kier alpha value is -0.790. The number of nitrogens with zero attached hydrogens (tertiary/aromatic N) is 5. The molecule has 0 saturated carbocycles. The van der Waals surface area contributed by atoms with Crippen LogP contribution in [0.1, 0.15) is 17.7 Å². The Morgan fingerprint density at radius 3 is 3.17 bits per heavy atom. The molecule has 96 valence electrons. The van der Waals surface area contributed by atoms with Crippen molar-refractivity contribution in [2.45, 2.75) is 32.0 Å². The summed E-state index contributed by atoms with van der Waals surface area (Å²) in [6.07, 6.45) is 7.76. The second-order valence-electron chi connectivity index (χ2n) is 4.48. The lowest BCUT2D eigenvalue weighted by atomic mass is 10.2. The van der Waals surface area contributed by atoms with Crippen LogP contribution in [0.2, 0.25) is 0 Å². The highest BCUT2D eigenvalue weighted by atomic mass is 79.9. The van der Waals surface area contributed by atoms with Gasteiger partial charge in [-0.05, 0) is 46.8 Å². The van der Waals surface area contributed by atoms with Crippen molar-refractivity contribution in [2.24, 2.45) is 0 Å². The van der Waals surface area contributed by atoms with E-state index in [1.807, 2.05) is 10.9 Å². The van der Waals surface area contributed by atoms with Gasteiger partial charge in [-0.25, -0.2) is 4.98 Å². The maximum Gasteiger partial charge on any atom is 0.137 e. The molecule has 1 atom stereocenters. The molecule has 1 aliphatic rings. The van der Waals surface area contributed by atoms with Crippen molar-refractivity contribution >= 4 is 27.5 Å². The Bertz CT molecular complexity index is 497. The topological polar surface area (TPSA) is 46.8 Å². The highest BCUT2D eigenvalue weighted by Gasteiger charge is 2.26. The first-order valence-electron chi connectivity index (χ1n) is 5.98. The molecule has 0 amide bonds. The monoisotopic (exact) mass is 327 g/mol. The third-order valence-electron chi connectivity index (χ3n) is 3.31. The van der Waals surface area contributed by atoms with Crippen LogP contribution in [0.4, 0.5) is 0 Å². The predicted octanol–water partition coefficient (Wildman–Crippen LogP) is 2.16. The molecule has 1 unspecified atom stereocenters. The minimum atomic E-state index is 0.556. The summed E-state index contributed by atoms with van der Waals surface area (Å²) in [6, 6.07) is 0.556. The van der Waals surface area contributed by atoms with E-state index in [4.69, 9.17) is 0 Å². The van der Waals surface area contributed by atoms with Crippen LogP contribution < -0.4 is 0 Å². The molecule has 18 heavy (non-hydrogen) atoms. The van der Waals surface area contributed by atoms with Crippen LogP contribution in [-0.4, -0.2) is 36.6 Å².